The van der Waals surface area contributed by atoms with Crippen LogP contribution in [0.25, 0.3) is 0 Å². The van der Waals surface area contributed by atoms with Gasteiger partial charge >= 0.3 is 0 Å². The predicted octanol–water partition coefficient (Wildman–Crippen LogP) is 0.242. The fraction of sp³-hybridized carbons (Fsp3) is 0.500. The van der Waals surface area contributed by atoms with Crippen molar-refractivity contribution in [1.82, 2.24) is 9.88 Å². The van der Waals surface area contributed by atoms with Crippen LogP contribution in [0, 0.1) is 0 Å². The summed E-state index contributed by atoms with van der Waals surface area (Å²) < 4.78 is 5.40. The Hall–Kier alpha value is -1.41. The lowest BCUT2D eigenvalue weighted by Crippen LogP contribution is -2.52. The Morgan fingerprint density at radius 1 is 1.70 bits per heavy atom. The summed E-state index contributed by atoms with van der Waals surface area (Å²) in [5.41, 5.74) is 2.51. The second-order valence-corrected chi connectivity index (χ2v) is 5.02. The molecule has 2 rings (SSSR count). The van der Waals surface area contributed by atoms with E-state index < -0.39 is 0 Å². The minimum Gasteiger partial charge on any atom is -0.394 e. The van der Waals surface area contributed by atoms with E-state index in [0.717, 1.165) is 0 Å². The molecule has 1 saturated heterocycles. The van der Waals surface area contributed by atoms with Crippen LogP contribution in [0.3, 0.4) is 0 Å². The number of morpholine rings is 1. The Kier molecular flexibility index (Phi) is 4.77. The Morgan fingerprint density at radius 2 is 2.45 bits per heavy atom. The van der Waals surface area contributed by atoms with Crippen LogP contribution in [0.15, 0.2) is 12.1 Å². The van der Waals surface area contributed by atoms with Gasteiger partial charge in [-0.05, 0) is 19.1 Å². The third kappa shape index (κ3) is 3.01. The van der Waals surface area contributed by atoms with Crippen LogP contribution in [0.5, 0.6) is 0 Å². The van der Waals surface area contributed by atoms with E-state index in [1.165, 1.54) is 0 Å². The summed E-state index contributed by atoms with van der Waals surface area (Å²) in [4.78, 5) is 18.2. The molecule has 1 aliphatic heterocycles. The van der Waals surface area contributed by atoms with Crippen LogP contribution in [0.2, 0.25) is 5.02 Å². The van der Waals surface area contributed by atoms with E-state index in [1.54, 1.807) is 17.0 Å². The maximum absolute atomic E-state index is 12.5. The van der Waals surface area contributed by atoms with Gasteiger partial charge in [-0.3, -0.25) is 4.79 Å². The molecule has 0 spiro atoms. The van der Waals surface area contributed by atoms with E-state index >= 15 is 0 Å². The van der Waals surface area contributed by atoms with Crippen LogP contribution >= 0.6 is 11.6 Å². The van der Waals surface area contributed by atoms with Gasteiger partial charge in [-0.25, -0.2) is 10.8 Å². The molecule has 0 aromatic carbocycles. The van der Waals surface area contributed by atoms with Crippen molar-refractivity contribution in [1.29, 1.82) is 0 Å². The van der Waals surface area contributed by atoms with Gasteiger partial charge in [-0.1, -0.05) is 11.6 Å². The number of hydrazine groups is 1. The molecule has 110 valence electrons. The molecule has 2 unspecified atom stereocenters. The molecule has 7 nitrogen and oxygen atoms in total. The minimum absolute atomic E-state index is 0.113. The first-order valence-electron chi connectivity index (χ1n) is 6.23. The third-order valence-corrected chi connectivity index (χ3v) is 3.47. The van der Waals surface area contributed by atoms with Crippen LogP contribution in [0.1, 0.15) is 17.4 Å². The first-order chi connectivity index (χ1) is 9.56. The fourth-order valence-electron chi connectivity index (χ4n) is 2.02. The second kappa shape index (κ2) is 6.36. The van der Waals surface area contributed by atoms with Crippen molar-refractivity contribution in [2.45, 2.75) is 19.1 Å². The molecule has 0 bridgehead atoms. The van der Waals surface area contributed by atoms with Crippen LogP contribution < -0.4 is 11.3 Å². The third-order valence-electron chi connectivity index (χ3n) is 3.17. The molecule has 0 aliphatic carbocycles. The van der Waals surface area contributed by atoms with Gasteiger partial charge in [0, 0.05) is 6.54 Å². The van der Waals surface area contributed by atoms with Gasteiger partial charge in [0.1, 0.15) is 11.5 Å². The van der Waals surface area contributed by atoms with Gasteiger partial charge in [0.25, 0.3) is 5.91 Å². The maximum atomic E-state index is 12.5. The Bertz CT molecular complexity index is 500. The summed E-state index contributed by atoms with van der Waals surface area (Å²) in [5, 5.41) is 9.41. The van der Waals surface area contributed by atoms with Crippen molar-refractivity contribution in [2.24, 2.45) is 5.84 Å². The number of anilines is 1. The van der Waals surface area contributed by atoms with Crippen LogP contribution in [-0.4, -0.2) is 52.8 Å². The summed E-state index contributed by atoms with van der Waals surface area (Å²) in [5.74, 6) is 5.34. The number of aromatic nitrogens is 1. The first kappa shape index (κ1) is 15.0. The number of rotatable bonds is 3. The molecule has 4 N–H and O–H groups in total. The minimum atomic E-state index is -0.384. The number of amides is 1. The fourth-order valence-corrected chi connectivity index (χ4v) is 2.21. The van der Waals surface area contributed by atoms with E-state index in [4.69, 9.17) is 27.3 Å². The molecular formula is C12H17ClN4O3. The topological polar surface area (TPSA) is 101 Å². The molecule has 1 aromatic heterocycles. The number of hydrogen-bond donors (Lipinski definition) is 3. The number of carbonyl (C=O) groups excluding carboxylic acids is 1. The average Bonchev–Trinajstić information content (AvgIpc) is 2.47. The van der Waals surface area contributed by atoms with E-state index in [-0.39, 0.29) is 35.4 Å². The SMILES string of the molecule is CC1COC(CO)CN1C(=O)c1nc(NN)ccc1Cl. The zero-order valence-electron chi connectivity index (χ0n) is 11.0. The number of nitrogens with zero attached hydrogens (tertiary/aromatic N) is 2. The highest BCUT2D eigenvalue weighted by Gasteiger charge is 2.31. The highest BCUT2D eigenvalue weighted by molar-refractivity contribution is 6.33. The van der Waals surface area contributed by atoms with Crippen molar-refractivity contribution < 1.29 is 14.6 Å². The van der Waals surface area contributed by atoms with Crippen LogP contribution in [0.4, 0.5) is 5.82 Å². The lowest BCUT2D eigenvalue weighted by molar-refractivity contribution is -0.0668. The summed E-state index contributed by atoms with van der Waals surface area (Å²) in [6.07, 6.45) is -0.384. The summed E-state index contributed by atoms with van der Waals surface area (Å²) in [7, 11) is 0. The number of halogens is 1. The molecule has 8 heteroatoms. The van der Waals surface area contributed by atoms with Crippen molar-refractivity contribution in [3.63, 3.8) is 0 Å². The number of aliphatic hydroxyl groups is 1. The van der Waals surface area contributed by atoms with Gasteiger partial charge in [0.05, 0.1) is 30.4 Å². The molecule has 0 saturated carbocycles. The van der Waals surface area contributed by atoms with Gasteiger partial charge in [0.2, 0.25) is 0 Å². The van der Waals surface area contributed by atoms with Gasteiger partial charge in [-0.15, -0.1) is 0 Å². The molecule has 2 heterocycles. The molecule has 20 heavy (non-hydrogen) atoms. The molecule has 2 atom stereocenters. The quantitative estimate of drug-likeness (QED) is 0.546. The molecule has 1 aliphatic rings. The second-order valence-electron chi connectivity index (χ2n) is 4.62. The normalized spacial score (nSPS) is 22.7. The monoisotopic (exact) mass is 300 g/mol. The Balaban J connectivity index is 2.25. The lowest BCUT2D eigenvalue weighted by atomic mass is 10.1. The lowest BCUT2D eigenvalue weighted by Gasteiger charge is -2.37. The number of pyridine rings is 1. The number of nitrogens with two attached hydrogens (primary N) is 1. The zero-order valence-corrected chi connectivity index (χ0v) is 11.8. The molecule has 1 amide bonds. The van der Waals surface area contributed by atoms with Crippen LogP contribution in [-0.2, 0) is 4.74 Å². The molecule has 0 radical (unpaired) electrons. The summed E-state index contributed by atoms with van der Waals surface area (Å²) in [6.45, 7) is 2.39. The van der Waals surface area contributed by atoms with Gasteiger partial charge in [0.15, 0.2) is 0 Å². The van der Waals surface area contributed by atoms with Crippen molar-refractivity contribution >= 4 is 23.3 Å². The molecule has 1 fully saturated rings. The van der Waals surface area contributed by atoms with Crippen molar-refractivity contribution in [3.8, 4) is 0 Å². The number of aliphatic hydroxyl groups excluding tert-OH is 1. The van der Waals surface area contributed by atoms with Crippen molar-refractivity contribution in [3.05, 3.63) is 22.8 Å². The van der Waals surface area contributed by atoms with Gasteiger partial charge < -0.3 is 20.2 Å². The highest BCUT2D eigenvalue weighted by atomic mass is 35.5. The number of ether oxygens (including phenoxy) is 1. The van der Waals surface area contributed by atoms with E-state index in [0.29, 0.717) is 19.0 Å². The van der Waals surface area contributed by atoms with Gasteiger partial charge in [-0.2, -0.15) is 0 Å². The first-order valence-corrected chi connectivity index (χ1v) is 6.61. The predicted molar refractivity (Wildman–Crippen MR) is 74.4 cm³/mol. The number of carbonyl (C=O) groups is 1. The van der Waals surface area contributed by atoms with E-state index in [9.17, 15) is 4.79 Å². The number of hydrogen-bond acceptors (Lipinski definition) is 6. The van der Waals surface area contributed by atoms with E-state index in [1.807, 2.05) is 6.92 Å². The summed E-state index contributed by atoms with van der Waals surface area (Å²) >= 11 is 6.03. The zero-order chi connectivity index (χ0) is 14.7. The molecule has 1 aromatic rings. The average molecular weight is 301 g/mol. The standard InChI is InChI=1S/C12H17ClN4O3/c1-7-6-20-8(5-18)4-17(7)12(19)11-9(13)2-3-10(15-11)16-14/h2-3,7-8,18H,4-6,14H2,1H3,(H,15,16). The van der Waals surface area contributed by atoms with E-state index in [2.05, 4.69) is 10.4 Å². The summed E-state index contributed by atoms with van der Waals surface area (Å²) in [6, 6.07) is 3.03. The Morgan fingerprint density at radius 3 is 3.10 bits per heavy atom. The Labute approximate surface area is 121 Å². The number of nitrogens with one attached hydrogen (secondary N) is 1. The number of nitrogen functional groups attached to an aromatic ring is 1. The smallest absolute Gasteiger partial charge is 0.274 e. The largest absolute Gasteiger partial charge is 0.394 e. The maximum Gasteiger partial charge on any atom is 0.274 e. The highest BCUT2D eigenvalue weighted by Crippen LogP contribution is 2.21. The van der Waals surface area contributed by atoms with Crippen molar-refractivity contribution in [2.75, 3.05) is 25.2 Å². The molecular weight excluding hydrogens is 284 g/mol.